The van der Waals surface area contributed by atoms with Crippen molar-refractivity contribution in [2.75, 3.05) is 25.2 Å². The molecule has 5 rings (SSSR count). The molecule has 164 valence electrons. The fraction of sp³-hybridized carbons (Fsp3) is 0.269. The number of anilines is 1. The smallest absolute Gasteiger partial charge is 0.258 e. The number of fused-ring (bicyclic) bond motifs is 3. The van der Waals surface area contributed by atoms with Crippen LogP contribution >= 0.6 is 0 Å². The molecule has 0 unspecified atom stereocenters. The quantitative estimate of drug-likeness (QED) is 0.666. The zero-order valence-corrected chi connectivity index (χ0v) is 17.8. The van der Waals surface area contributed by atoms with Crippen molar-refractivity contribution < 1.29 is 19.0 Å². The monoisotopic (exact) mass is 432 g/mol. The Morgan fingerprint density at radius 2 is 1.78 bits per heavy atom. The molecule has 0 aromatic heterocycles. The number of aliphatic hydroxyl groups excluding tert-OH is 1. The summed E-state index contributed by atoms with van der Waals surface area (Å²) in [4.78, 5) is 17.4. The molecule has 3 aromatic carbocycles. The normalized spacial score (nSPS) is 22.0. The van der Waals surface area contributed by atoms with Crippen molar-refractivity contribution in [3.05, 3.63) is 95.3 Å². The van der Waals surface area contributed by atoms with Crippen molar-refractivity contribution >= 4 is 11.6 Å². The topological polar surface area (TPSA) is 53.0 Å². The molecule has 0 radical (unpaired) electrons. The SMILES string of the molecule is COc1ccccc1CN1[C@H](CO)[C@H]2c3ccccc3N(C(=O)c3ccc(F)cc3)C[C@H]21. The highest BCUT2D eigenvalue weighted by Gasteiger charge is 2.53. The number of ether oxygens (including phenoxy) is 1. The molecular weight excluding hydrogens is 407 g/mol. The number of hydrogen-bond acceptors (Lipinski definition) is 4. The molecule has 3 aromatic rings. The van der Waals surface area contributed by atoms with Gasteiger partial charge in [-0.25, -0.2) is 4.39 Å². The first-order chi connectivity index (χ1) is 15.6. The molecule has 1 N–H and O–H groups in total. The Morgan fingerprint density at radius 3 is 2.53 bits per heavy atom. The van der Waals surface area contributed by atoms with Gasteiger partial charge in [-0.1, -0.05) is 36.4 Å². The molecule has 0 bridgehead atoms. The van der Waals surface area contributed by atoms with Crippen LogP contribution in [0.2, 0.25) is 0 Å². The summed E-state index contributed by atoms with van der Waals surface area (Å²) >= 11 is 0. The van der Waals surface area contributed by atoms with Gasteiger partial charge in [0.15, 0.2) is 0 Å². The lowest BCUT2D eigenvalue weighted by atomic mass is 9.71. The van der Waals surface area contributed by atoms with Crippen LogP contribution in [0.4, 0.5) is 10.1 Å². The second-order valence-corrected chi connectivity index (χ2v) is 8.31. The Morgan fingerprint density at radius 1 is 1.06 bits per heavy atom. The Balaban J connectivity index is 1.49. The van der Waals surface area contributed by atoms with Gasteiger partial charge in [-0.15, -0.1) is 0 Å². The Kier molecular flexibility index (Phi) is 5.41. The van der Waals surface area contributed by atoms with Crippen LogP contribution in [-0.2, 0) is 6.54 Å². The summed E-state index contributed by atoms with van der Waals surface area (Å²) in [5.41, 5.74) is 3.42. The maximum atomic E-state index is 13.4. The maximum Gasteiger partial charge on any atom is 0.258 e. The minimum absolute atomic E-state index is 0.0332. The summed E-state index contributed by atoms with van der Waals surface area (Å²) in [7, 11) is 1.65. The molecule has 2 aliphatic heterocycles. The summed E-state index contributed by atoms with van der Waals surface area (Å²) in [5, 5.41) is 10.2. The summed E-state index contributed by atoms with van der Waals surface area (Å²) in [6.07, 6.45) is 0. The second kappa shape index (κ2) is 8.37. The van der Waals surface area contributed by atoms with Gasteiger partial charge in [0.25, 0.3) is 5.91 Å². The number of halogens is 1. The third-order valence-corrected chi connectivity index (χ3v) is 6.71. The van der Waals surface area contributed by atoms with Crippen LogP contribution in [-0.4, -0.2) is 48.3 Å². The number of hydrogen-bond donors (Lipinski definition) is 1. The van der Waals surface area contributed by atoms with Gasteiger partial charge in [-0.2, -0.15) is 0 Å². The summed E-state index contributed by atoms with van der Waals surface area (Å²) in [6, 6.07) is 21.5. The molecule has 6 heteroatoms. The third-order valence-electron chi connectivity index (χ3n) is 6.71. The van der Waals surface area contributed by atoms with E-state index < -0.39 is 0 Å². The number of para-hydroxylation sites is 2. The van der Waals surface area contributed by atoms with E-state index in [1.54, 1.807) is 12.0 Å². The fourth-order valence-electron chi connectivity index (χ4n) is 5.17. The van der Waals surface area contributed by atoms with Gasteiger partial charge in [-0.05, 0) is 42.0 Å². The Bertz CT molecular complexity index is 1130. The number of benzene rings is 3. The van der Waals surface area contributed by atoms with Crippen molar-refractivity contribution in [2.45, 2.75) is 24.5 Å². The number of methoxy groups -OCH3 is 1. The van der Waals surface area contributed by atoms with Crippen LogP contribution in [0.3, 0.4) is 0 Å². The molecule has 5 nitrogen and oxygen atoms in total. The van der Waals surface area contributed by atoms with Crippen LogP contribution in [0.25, 0.3) is 0 Å². The molecule has 0 spiro atoms. The number of nitrogens with zero attached hydrogens (tertiary/aromatic N) is 2. The Labute approximate surface area is 186 Å². The van der Waals surface area contributed by atoms with Crippen molar-refractivity contribution in [1.29, 1.82) is 0 Å². The predicted octanol–water partition coefficient (Wildman–Crippen LogP) is 3.82. The third kappa shape index (κ3) is 3.36. The molecule has 0 saturated carbocycles. The summed E-state index contributed by atoms with van der Waals surface area (Å²) in [5.74, 6) is 0.431. The van der Waals surface area contributed by atoms with E-state index >= 15 is 0 Å². The van der Waals surface area contributed by atoms with E-state index in [-0.39, 0.29) is 36.3 Å². The maximum absolute atomic E-state index is 13.4. The number of amides is 1. The molecular formula is C26H25FN2O3. The van der Waals surface area contributed by atoms with E-state index in [0.717, 1.165) is 22.6 Å². The van der Waals surface area contributed by atoms with Gasteiger partial charge in [0, 0.05) is 47.9 Å². The predicted molar refractivity (Wildman–Crippen MR) is 120 cm³/mol. The number of carbonyl (C=O) groups excluding carboxylic acids is 1. The van der Waals surface area contributed by atoms with Gasteiger partial charge >= 0.3 is 0 Å². The van der Waals surface area contributed by atoms with E-state index in [0.29, 0.717) is 18.7 Å². The number of carbonyl (C=O) groups is 1. The second-order valence-electron chi connectivity index (χ2n) is 8.31. The number of rotatable bonds is 5. The number of likely N-dealkylation sites (tertiary alicyclic amines) is 1. The van der Waals surface area contributed by atoms with Crippen LogP contribution in [0.15, 0.2) is 72.8 Å². The highest BCUT2D eigenvalue weighted by atomic mass is 19.1. The highest BCUT2D eigenvalue weighted by Crippen LogP contribution is 2.49. The van der Waals surface area contributed by atoms with E-state index in [9.17, 15) is 14.3 Å². The minimum atomic E-state index is -0.367. The molecule has 1 fully saturated rings. The van der Waals surface area contributed by atoms with Crippen molar-refractivity contribution in [1.82, 2.24) is 4.90 Å². The lowest BCUT2D eigenvalue weighted by molar-refractivity contribution is -0.0491. The van der Waals surface area contributed by atoms with E-state index in [1.807, 2.05) is 48.5 Å². The molecule has 0 aliphatic carbocycles. The average molecular weight is 432 g/mol. The van der Waals surface area contributed by atoms with Gasteiger partial charge in [-0.3, -0.25) is 9.69 Å². The van der Waals surface area contributed by atoms with E-state index in [2.05, 4.69) is 4.90 Å². The molecule has 2 heterocycles. The molecule has 1 saturated heterocycles. The zero-order chi connectivity index (χ0) is 22.2. The minimum Gasteiger partial charge on any atom is -0.496 e. The van der Waals surface area contributed by atoms with Gasteiger partial charge in [0.05, 0.1) is 13.7 Å². The first-order valence-electron chi connectivity index (χ1n) is 10.8. The summed E-state index contributed by atoms with van der Waals surface area (Å²) < 4.78 is 18.9. The van der Waals surface area contributed by atoms with E-state index in [1.165, 1.54) is 24.3 Å². The number of aliphatic hydroxyl groups is 1. The summed E-state index contributed by atoms with van der Waals surface area (Å²) in [6.45, 7) is 1.16. The average Bonchev–Trinajstić information content (AvgIpc) is 2.82. The lowest BCUT2D eigenvalue weighted by Gasteiger charge is -2.59. The van der Waals surface area contributed by atoms with Crippen molar-refractivity contribution in [3.63, 3.8) is 0 Å². The fourth-order valence-corrected chi connectivity index (χ4v) is 5.17. The van der Waals surface area contributed by atoms with Gasteiger partial charge in [0.1, 0.15) is 11.6 Å². The standard InChI is InChI=1S/C26H25FN2O3/c1-32-24-9-5-2-6-18(24)14-28-22-15-29(26(31)17-10-12-19(27)13-11-17)21-8-4-3-7-20(21)25(22)23(28)16-30/h2-13,22-23,25,30H,14-16H2,1H3/t22-,23-,25+/m1/s1. The lowest BCUT2D eigenvalue weighted by Crippen LogP contribution is -2.68. The van der Waals surface area contributed by atoms with Crippen LogP contribution in [0.5, 0.6) is 5.75 Å². The Hall–Kier alpha value is -3.22. The van der Waals surface area contributed by atoms with Crippen LogP contribution in [0, 0.1) is 5.82 Å². The van der Waals surface area contributed by atoms with E-state index in [4.69, 9.17) is 4.74 Å². The van der Waals surface area contributed by atoms with Crippen molar-refractivity contribution in [3.8, 4) is 5.75 Å². The first-order valence-corrected chi connectivity index (χ1v) is 10.8. The highest BCUT2D eigenvalue weighted by molar-refractivity contribution is 6.07. The molecule has 32 heavy (non-hydrogen) atoms. The van der Waals surface area contributed by atoms with Gasteiger partial charge < -0.3 is 14.7 Å². The van der Waals surface area contributed by atoms with Crippen LogP contribution in [0.1, 0.15) is 27.4 Å². The van der Waals surface area contributed by atoms with Gasteiger partial charge in [0.2, 0.25) is 0 Å². The van der Waals surface area contributed by atoms with Crippen LogP contribution < -0.4 is 9.64 Å². The molecule has 1 amide bonds. The molecule has 3 atom stereocenters. The molecule has 2 aliphatic rings. The largest absolute Gasteiger partial charge is 0.496 e. The first kappa shape index (κ1) is 20.7. The zero-order valence-electron chi connectivity index (χ0n) is 17.8. The van der Waals surface area contributed by atoms with Crippen molar-refractivity contribution in [2.24, 2.45) is 0 Å².